The van der Waals surface area contributed by atoms with Gasteiger partial charge in [-0.2, -0.15) is 9.94 Å². The molecule has 0 aliphatic rings. The molecule has 2 rings (SSSR count). The number of H-pyrrole nitrogens is 1. The summed E-state index contributed by atoms with van der Waals surface area (Å²) in [5, 5.41) is 22.6. The zero-order chi connectivity index (χ0) is 17.9. The molecule has 0 unspecified atom stereocenters. The van der Waals surface area contributed by atoms with Crippen molar-refractivity contribution in [2.75, 3.05) is 0 Å². The van der Waals surface area contributed by atoms with Crippen molar-refractivity contribution in [2.24, 2.45) is 5.92 Å². The van der Waals surface area contributed by atoms with Gasteiger partial charge in [-0.05, 0) is 35.8 Å². The Morgan fingerprint density at radius 2 is 2.12 bits per heavy atom. The number of sulfonamides is 1. The lowest BCUT2D eigenvalue weighted by Crippen LogP contribution is -2.41. The second-order valence-corrected chi connectivity index (χ2v) is 7.64. The number of tetrazole rings is 1. The molecule has 0 spiro atoms. The van der Waals surface area contributed by atoms with Crippen molar-refractivity contribution in [3.8, 4) is 11.4 Å². The van der Waals surface area contributed by atoms with E-state index in [1.54, 1.807) is 13.8 Å². The van der Waals surface area contributed by atoms with Crippen LogP contribution in [0, 0.1) is 5.92 Å². The van der Waals surface area contributed by atoms with Gasteiger partial charge >= 0.3 is 5.97 Å². The number of nitrogens with one attached hydrogen (secondary N) is 2. The van der Waals surface area contributed by atoms with Gasteiger partial charge in [0.1, 0.15) is 6.04 Å². The van der Waals surface area contributed by atoms with E-state index in [2.05, 4.69) is 25.3 Å². The average Bonchev–Trinajstić information content (AvgIpc) is 3.00. The van der Waals surface area contributed by atoms with Gasteiger partial charge in [-0.3, -0.25) is 4.79 Å². The van der Waals surface area contributed by atoms with E-state index in [0.717, 1.165) is 0 Å². The highest BCUT2D eigenvalue weighted by Gasteiger charge is 2.27. The van der Waals surface area contributed by atoms with Gasteiger partial charge < -0.3 is 5.11 Å². The first-order valence-electron chi connectivity index (χ1n) is 6.99. The molecule has 1 atom stereocenters. The normalized spacial score (nSPS) is 13.2. The summed E-state index contributed by atoms with van der Waals surface area (Å²) in [4.78, 5) is 11.1. The topological polar surface area (TPSA) is 138 Å². The highest BCUT2D eigenvalue weighted by atomic mass is 35.5. The number of halogens is 1. The lowest BCUT2D eigenvalue weighted by molar-refractivity contribution is -0.139. The molecule has 0 saturated heterocycles. The van der Waals surface area contributed by atoms with Crippen LogP contribution in [0.25, 0.3) is 11.4 Å². The lowest BCUT2D eigenvalue weighted by atomic mass is 10.1. The van der Waals surface area contributed by atoms with Gasteiger partial charge in [0.2, 0.25) is 15.8 Å². The van der Waals surface area contributed by atoms with Crippen molar-refractivity contribution in [3.63, 3.8) is 0 Å². The average molecular weight is 374 g/mol. The Hall–Kier alpha value is -2.04. The van der Waals surface area contributed by atoms with Gasteiger partial charge in [-0.25, -0.2) is 8.42 Å². The van der Waals surface area contributed by atoms with Crippen molar-refractivity contribution < 1.29 is 18.3 Å². The summed E-state index contributed by atoms with van der Waals surface area (Å²) in [7, 11) is -4.06. The first-order chi connectivity index (χ1) is 11.2. The maximum absolute atomic E-state index is 12.5. The highest BCUT2D eigenvalue weighted by molar-refractivity contribution is 7.89. The summed E-state index contributed by atoms with van der Waals surface area (Å²) >= 11 is 6.03. The molecule has 2 aromatic rings. The third kappa shape index (κ3) is 4.28. The number of benzene rings is 1. The molecule has 0 aliphatic heterocycles. The van der Waals surface area contributed by atoms with Crippen molar-refractivity contribution in [1.29, 1.82) is 0 Å². The van der Waals surface area contributed by atoms with Gasteiger partial charge in [0, 0.05) is 5.56 Å². The Labute approximate surface area is 143 Å². The van der Waals surface area contributed by atoms with E-state index in [-0.39, 0.29) is 33.6 Å². The number of aliphatic carboxylic acids is 1. The van der Waals surface area contributed by atoms with Crippen LogP contribution < -0.4 is 4.72 Å². The van der Waals surface area contributed by atoms with Crippen LogP contribution in [-0.2, 0) is 14.8 Å². The third-order valence-electron chi connectivity index (χ3n) is 3.14. The summed E-state index contributed by atoms with van der Waals surface area (Å²) in [6.07, 6.45) is 0.167. The van der Waals surface area contributed by atoms with Crippen molar-refractivity contribution >= 4 is 27.6 Å². The standard InChI is InChI=1S/C13H16ClN5O4S/c1-7(2)5-11(13(20)21)17-24(22,23)8-3-4-10(14)9(6-8)12-15-18-19-16-12/h3-4,6-7,11,17H,5H2,1-2H3,(H,20,21)(H,15,16,18,19)/t11-/m0/s1. The number of rotatable bonds is 7. The number of hydrogen-bond donors (Lipinski definition) is 3. The van der Waals surface area contributed by atoms with Gasteiger partial charge in [-0.15, -0.1) is 10.2 Å². The number of hydrogen-bond acceptors (Lipinski definition) is 6. The van der Waals surface area contributed by atoms with Crippen molar-refractivity contribution in [2.45, 2.75) is 31.2 Å². The lowest BCUT2D eigenvalue weighted by Gasteiger charge is -2.17. The monoisotopic (exact) mass is 373 g/mol. The number of aromatic amines is 1. The van der Waals surface area contributed by atoms with E-state index in [9.17, 15) is 18.3 Å². The molecule has 0 saturated carbocycles. The molecule has 1 heterocycles. The highest BCUT2D eigenvalue weighted by Crippen LogP contribution is 2.27. The predicted octanol–water partition coefficient (Wildman–Crippen LogP) is 1.30. The smallest absolute Gasteiger partial charge is 0.321 e. The van der Waals surface area contributed by atoms with Gasteiger partial charge in [-0.1, -0.05) is 25.4 Å². The molecular weight excluding hydrogens is 358 g/mol. The summed E-state index contributed by atoms with van der Waals surface area (Å²) in [6, 6.07) is 2.70. The summed E-state index contributed by atoms with van der Waals surface area (Å²) in [5.41, 5.74) is 0.268. The van der Waals surface area contributed by atoms with Crippen LogP contribution in [0.2, 0.25) is 5.02 Å². The number of carboxylic acids is 1. The first kappa shape index (κ1) is 18.3. The van der Waals surface area contributed by atoms with Crippen LogP contribution in [0.1, 0.15) is 20.3 Å². The van der Waals surface area contributed by atoms with Gasteiger partial charge in [0.05, 0.1) is 9.92 Å². The van der Waals surface area contributed by atoms with E-state index < -0.39 is 22.0 Å². The zero-order valence-electron chi connectivity index (χ0n) is 12.9. The molecule has 0 fully saturated rings. The molecule has 24 heavy (non-hydrogen) atoms. The van der Waals surface area contributed by atoms with E-state index in [0.29, 0.717) is 0 Å². The van der Waals surface area contributed by atoms with Gasteiger partial charge in [0.15, 0.2) is 0 Å². The van der Waals surface area contributed by atoms with E-state index >= 15 is 0 Å². The van der Waals surface area contributed by atoms with Crippen molar-refractivity contribution in [3.05, 3.63) is 23.2 Å². The molecule has 1 aromatic heterocycles. The minimum absolute atomic E-state index is 0.00825. The minimum Gasteiger partial charge on any atom is -0.480 e. The number of carboxylic acid groups (broad SMARTS) is 1. The van der Waals surface area contributed by atoms with Crippen LogP contribution >= 0.6 is 11.6 Å². The Morgan fingerprint density at radius 3 is 2.67 bits per heavy atom. The van der Waals surface area contributed by atoms with E-state index in [1.165, 1.54) is 18.2 Å². The largest absolute Gasteiger partial charge is 0.480 e. The van der Waals surface area contributed by atoms with Crippen LogP contribution in [0.4, 0.5) is 0 Å². The van der Waals surface area contributed by atoms with Crippen LogP contribution in [-0.4, -0.2) is 46.2 Å². The molecule has 0 radical (unpaired) electrons. The molecule has 0 aliphatic carbocycles. The quantitative estimate of drug-likeness (QED) is 0.664. The molecule has 0 bridgehead atoms. The summed E-state index contributed by atoms with van der Waals surface area (Å²) in [6.45, 7) is 3.61. The third-order valence-corrected chi connectivity index (χ3v) is 4.94. The summed E-state index contributed by atoms with van der Waals surface area (Å²) in [5.74, 6) is -1.09. The fourth-order valence-corrected chi connectivity index (χ4v) is 3.47. The molecule has 130 valence electrons. The molecule has 1 aromatic carbocycles. The Kier molecular flexibility index (Phi) is 5.52. The zero-order valence-corrected chi connectivity index (χ0v) is 14.5. The van der Waals surface area contributed by atoms with Crippen molar-refractivity contribution in [1.82, 2.24) is 25.3 Å². The predicted molar refractivity (Wildman–Crippen MR) is 85.8 cm³/mol. The Bertz CT molecular complexity index is 823. The molecule has 3 N–H and O–H groups in total. The first-order valence-corrected chi connectivity index (χ1v) is 8.85. The van der Waals surface area contributed by atoms with Crippen LogP contribution in [0.5, 0.6) is 0 Å². The number of nitrogens with zero attached hydrogens (tertiary/aromatic N) is 3. The van der Waals surface area contributed by atoms with E-state index in [4.69, 9.17) is 11.6 Å². The maximum Gasteiger partial charge on any atom is 0.321 e. The second kappa shape index (κ2) is 7.24. The number of aromatic nitrogens is 4. The molecule has 0 amide bonds. The fourth-order valence-electron chi connectivity index (χ4n) is 2.04. The van der Waals surface area contributed by atoms with E-state index in [1.807, 2.05) is 0 Å². The van der Waals surface area contributed by atoms with Gasteiger partial charge in [0.25, 0.3) is 0 Å². The SMILES string of the molecule is CC(C)C[C@H](NS(=O)(=O)c1ccc(Cl)c(-c2nn[nH]n2)c1)C(=O)O. The molecular formula is C13H16ClN5O4S. The second-order valence-electron chi connectivity index (χ2n) is 5.52. The summed E-state index contributed by atoms with van der Waals surface area (Å²) < 4.78 is 27.2. The Balaban J connectivity index is 2.35. The molecule has 11 heteroatoms. The van der Waals surface area contributed by atoms with Crippen LogP contribution in [0.3, 0.4) is 0 Å². The Morgan fingerprint density at radius 1 is 1.42 bits per heavy atom. The fraction of sp³-hybridized carbons (Fsp3) is 0.385. The minimum atomic E-state index is -4.06. The molecule has 9 nitrogen and oxygen atoms in total. The maximum atomic E-state index is 12.5. The number of carbonyl (C=O) groups is 1. The van der Waals surface area contributed by atoms with Crippen LogP contribution in [0.15, 0.2) is 23.1 Å².